The molecule has 0 atom stereocenters. The average Bonchev–Trinajstić information content (AvgIpc) is 2.84. The van der Waals surface area contributed by atoms with Gasteiger partial charge >= 0.3 is 5.97 Å². The summed E-state index contributed by atoms with van der Waals surface area (Å²) in [6, 6.07) is 8.01. The van der Waals surface area contributed by atoms with E-state index in [1.807, 2.05) is 31.2 Å². The van der Waals surface area contributed by atoms with Crippen LogP contribution in [-0.2, 0) is 11.2 Å². The average molecular weight is 302 g/mol. The molecule has 0 bridgehead atoms. The first-order chi connectivity index (χ1) is 10.6. The fourth-order valence-electron chi connectivity index (χ4n) is 2.55. The SMILES string of the molecule is COC(=O)c1c(C)oc(-c2ccc(C)cc2)c1CCCCO. The number of aliphatic hydroxyl groups excluding tert-OH is 1. The normalized spacial score (nSPS) is 10.7. The van der Waals surface area contributed by atoms with E-state index in [-0.39, 0.29) is 12.6 Å². The van der Waals surface area contributed by atoms with Crippen LogP contribution < -0.4 is 0 Å². The van der Waals surface area contributed by atoms with Crippen LogP contribution in [-0.4, -0.2) is 24.8 Å². The van der Waals surface area contributed by atoms with Crippen LogP contribution in [0.15, 0.2) is 28.7 Å². The number of esters is 1. The Morgan fingerprint density at radius 3 is 2.45 bits per heavy atom. The van der Waals surface area contributed by atoms with Crippen molar-refractivity contribution in [2.45, 2.75) is 33.1 Å². The summed E-state index contributed by atoms with van der Waals surface area (Å²) in [6.45, 7) is 3.95. The minimum Gasteiger partial charge on any atom is -0.465 e. The number of furan rings is 1. The summed E-state index contributed by atoms with van der Waals surface area (Å²) in [5.74, 6) is 0.913. The van der Waals surface area contributed by atoms with E-state index in [0.29, 0.717) is 24.2 Å². The van der Waals surface area contributed by atoms with E-state index in [1.165, 1.54) is 12.7 Å². The zero-order valence-corrected chi connectivity index (χ0v) is 13.3. The Balaban J connectivity index is 2.47. The highest BCUT2D eigenvalue weighted by Gasteiger charge is 2.24. The number of hydrogen-bond acceptors (Lipinski definition) is 4. The highest BCUT2D eigenvalue weighted by atomic mass is 16.5. The van der Waals surface area contributed by atoms with Crippen molar-refractivity contribution in [2.75, 3.05) is 13.7 Å². The van der Waals surface area contributed by atoms with Crippen molar-refractivity contribution in [1.29, 1.82) is 0 Å². The molecule has 0 fully saturated rings. The molecule has 0 radical (unpaired) electrons. The molecule has 1 N–H and O–H groups in total. The lowest BCUT2D eigenvalue weighted by Gasteiger charge is -2.05. The maximum Gasteiger partial charge on any atom is 0.341 e. The lowest BCUT2D eigenvalue weighted by molar-refractivity contribution is 0.0597. The molecule has 0 saturated heterocycles. The minimum atomic E-state index is -0.376. The van der Waals surface area contributed by atoms with Crippen molar-refractivity contribution in [1.82, 2.24) is 0 Å². The number of hydrogen-bond donors (Lipinski definition) is 1. The van der Waals surface area contributed by atoms with Gasteiger partial charge in [-0.05, 0) is 33.1 Å². The molecule has 0 aliphatic rings. The number of carbonyl (C=O) groups excluding carboxylic acids is 1. The van der Waals surface area contributed by atoms with Crippen LogP contribution in [0.4, 0.5) is 0 Å². The Morgan fingerprint density at radius 1 is 1.18 bits per heavy atom. The third-order valence-corrected chi connectivity index (χ3v) is 3.72. The third-order valence-electron chi connectivity index (χ3n) is 3.72. The second kappa shape index (κ2) is 7.27. The summed E-state index contributed by atoms with van der Waals surface area (Å²) in [6.07, 6.45) is 2.15. The van der Waals surface area contributed by atoms with Crippen LogP contribution in [0.25, 0.3) is 11.3 Å². The highest BCUT2D eigenvalue weighted by molar-refractivity contribution is 5.94. The number of carbonyl (C=O) groups is 1. The van der Waals surface area contributed by atoms with Gasteiger partial charge < -0.3 is 14.3 Å². The largest absolute Gasteiger partial charge is 0.465 e. The van der Waals surface area contributed by atoms with Crippen molar-refractivity contribution in [2.24, 2.45) is 0 Å². The summed E-state index contributed by atoms with van der Waals surface area (Å²) in [5, 5.41) is 8.98. The van der Waals surface area contributed by atoms with Gasteiger partial charge in [-0.25, -0.2) is 4.79 Å². The molecule has 1 heterocycles. The zero-order valence-electron chi connectivity index (χ0n) is 13.3. The quantitative estimate of drug-likeness (QED) is 0.653. The van der Waals surface area contributed by atoms with Crippen LogP contribution in [0.5, 0.6) is 0 Å². The van der Waals surface area contributed by atoms with E-state index in [0.717, 1.165) is 23.3 Å². The number of rotatable bonds is 6. The predicted octanol–water partition coefficient (Wildman–Crippen LogP) is 3.67. The van der Waals surface area contributed by atoms with E-state index in [1.54, 1.807) is 6.92 Å². The zero-order chi connectivity index (χ0) is 16.1. The van der Waals surface area contributed by atoms with Crippen LogP contribution in [0.2, 0.25) is 0 Å². The number of aliphatic hydroxyl groups is 1. The first-order valence-electron chi connectivity index (χ1n) is 7.47. The van der Waals surface area contributed by atoms with Crippen LogP contribution in [0, 0.1) is 13.8 Å². The molecule has 0 aliphatic heterocycles. The molecule has 2 rings (SSSR count). The molecule has 0 unspecified atom stereocenters. The molecule has 4 nitrogen and oxygen atoms in total. The van der Waals surface area contributed by atoms with Gasteiger partial charge in [-0.3, -0.25) is 0 Å². The number of aryl methyl sites for hydroxylation is 2. The highest BCUT2D eigenvalue weighted by Crippen LogP contribution is 2.33. The van der Waals surface area contributed by atoms with Crippen molar-refractivity contribution >= 4 is 5.97 Å². The Hall–Kier alpha value is -2.07. The molecule has 0 amide bonds. The topological polar surface area (TPSA) is 59.7 Å². The smallest absolute Gasteiger partial charge is 0.341 e. The molecule has 1 aromatic carbocycles. The molecule has 4 heteroatoms. The Kier molecular flexibility index (Phi) is 5.39. The fraction of sp³-hybridized carbons (Fsp3) is 0.389. The van der Waals surface area contributed by atoms with Gasteiger partial charge in [-0.2, -0.15) is 0 Å². The standard InChI is InChI=1S/C18H22O4/c1-12-7-9-14(10-8-12)17-15(6-4-5-11-19)16(13(2)22-17)18(20)21-3/h7-10,19H,4-6,11H2,1-3H3. The molecule has 0 aliphatic carbocycles. The number of unbranched alkanes of at least 4 members (excludes halogenated alkanes) is 1. The molecular weight excluding hydrogens is 280 g/mol. The third kappa shape index (κ3) is 3.39. The van der Waals surface area contributed by atoms with Gasteiger partial charge in [-0.15, -0.1) is 0 Å². The van der Waals surface area contributed by atoms with Crippen molar-refractivity contribution in [3.05, 3.63) is 46.7 Å². The summed E-state index contributed by atoms with van der Waals surface area (Å²) in [5.41, 5.74) is 3.49. The van der Waals surface area contributed by atoms with E-state index in [9.17, 15) is 4.79 Å². The molecule has 22 heavy (non-hydrogen) atoms. The molecule has 2 aromatic rings. The lowest BCUT2D eigenvalue weighted by atomic mass is 9.98. The van der Waals surface area contributed by atoms with Crippen LogP contribution in [0.3, 0.4) is 0 Å². The summed E-state index contributed by atoms with van der Waals surface area (Å²) < 4.78 is 10.7. The van der Waals surface area contributed by atoms with Gasteiger partial charge in [0.1, 0.15) is 17.1 Å². The van der Waals surface area contributed by atoms with Crippen LogP contribution in [0.1, 0.15) is 40.1 Å². The lowest BCUT2D eigenvalue weighted by Crippen LogP contribution is -2.06. The van der Waals surface area contributed by atoms with Gasteiger partial charge in [0.15, 0.2) is 0 Å². The van der Waals surface area contributed by atoms with Crippen molar-refractivity contribution in [3.8, 4) is 11.3 Å². The second-order valence-corrected chi connectivity index (χ2v) is 5.38. The summed E-state index contributed by atoms with van der Waals surface area (Å²) >= 11 is 0. The van der Waals surface area contributed by atoms with Gasteiger partial charge in [0.05, 0.1) is 7.11 Å². The molecule has 0 saturated carbocycles. The Labute approximate surface area is 130 Å². The Morgan fingerprint density at radius 2 is 1.86 bits per heavy atom. The fourth-order valence-corrected chi connectivity index (χ4v) is 2.55. The predicted molar refractivity (Wildman–Crippen MR) is 85.0 cm³/mol. The molecule has 118 valence electrons. The van der Waals surface area contributed by atoms with Crippen molar-refractivity contribution < 1.29 is 19.1 Å². The maximum absolute atomic E-state index is 12.1. The Bertz CT molecular complexity index is 638. The number of ether oxygens (including phenoxy) is 1. The van der Waals surface area contributed by atoms with E-state index < -0.39 is 0 Å². The van der Waals surface area contributed by atoms with Crippen molar-refractivity contribution in [3.63, 3.8) is 0 Å². The summed E-state index contributed by atoms with van der Waals surface area (Å²) in [7, 11) is 1.37. The van der Waals surface area contributed by atoms with Gasteiger partial charge in [-0.1, -0.05) is 29.8 Å². The second-order valence-electron chi connectivity index (χ2n) is 5.38. The maximum atomic E-state index is 12.1. The van der Waals surface area contributed by atoms with Gasteiger partial charge in [0.25, 0.3) is 0 Å². The number of benzene rings is 1. The summed E-state index contributed by atoms with van der Waals surface area (Å²) in [4.78, 5) is 12.1. The molecule has 1 aromatic heterocycles. The first kappa shape index (κ1) is 16.3. The van der Waals surface area contributed by atoms with E-state index in [4.69, 9.17) is 14.3 Å². The first-order valence-corrected chi connectivity index (χ1v) is 7.47. The van der Waals surface area contributed by atoms with E-state index >= 15 is 0 Å². The van der Waals surface area contributed by atoms with Gasteiger partial charge in [0, 0.05) is 17.7 Å². The molecular formula is C18H22O4. The minimum absolute atomic E-state index is 0.143. The molecule has 0 spiro atoms. The van der Waals surface area contributed by atoms with E-state index in [2.05, 4.69) is 0 Å². The number of methoxy groups -OCH3 is 1. The van der Waals surface area contributed by atoms with Crippen LogP contribution >= 0.6 is 0 Å². The monoisotopic (exact) mass is 302 g/mol. The van der Waals surface area contributed by atoms with Gasteiger partial charge in [0.2, 0.25) is 0 Å².